The quantitative estimate of drug-likeness (QED) is 0.801. The van der Waals surface area contributed by atoms with Crippen molar-refractivity contribution in [3.8, 4) is 0 Å². The SMILES string of the molecule is [B]c1cccc(S(=O)(=O)N(C)c2ccc(N(C)C)cc2)c1. The molecule has 2 rings (SSSR count). The van der Waals surface area contributed by atoms with E-state index in [1.54, 1.807) is 24.3 Å². The van der Waals surface area contributed by atoms with Gasteiger partial charge in [0.2, 0.25) is 0 Å². The number of anilines is 2. The van der Waals surface area contributed by atoms with Crippen LogP contribution in [0.1, 0.15) is 0 Å². The van der Waals surface area contributed by atoms with Crippen LogP contribution in [0.5, 0.6) is 0 Å². The van der Waals surface area contributed by atoms with E-state index < -0.39 is 10.0 Å². The summed E-state index contributed by atoms with van der Waals surface area (Å²) < 4.78 is 26.4. The molecule has 0 aliphatic heterocycles. The zero-order chi connectivity index (χ0) is 15.6. The van der Waals surface area contributed by atoms with Crippen molar-refractivity contribution in [1.82, 2.24) is 0 Å². The maximum absolute atomic E-state index is 12.6. The smallest absolute Gasteiger partial charge is 0.264 e. The molecule has 0 bridgehead atoms. The molecular formula is C15H17BN2O2S. The second kappa shape index (κ2) is 5.81. The van der Waals surface area contributed by atoms with Crippen LogP contribution in [0.3, 0.4) is 0 Å². The third-order valence-electron chi connectivity index (χ3n) is 3.25. The van der Waals surface area contributed by atoms with E-state index in [2.05, 4.69) is 0 Å². The van der Waals surface area contributed by atoms with E-state index in [1.807, 2.05) is 31.1 Å². The van der Waals surface area contributed by atoms with Gasteiger partial charge in [0, 0.05) is 26.8 Å². The molecule has 4 nitrogen and oxygen atoms in total. The van der Waals surface area contributed by atoms with E-state index in [9.17, 15) is 8.42 Å². The highest BCUT2D eigenvalue weighted by molar-refractivity contribution is 7.92. The number of hydrogen-bond acceptors (Lipinski definition) is 3. The first-order valence-corrected chi connectivity index (χ1v) is 7.88. The lowest BCUT2D eigenvalue weighted by molar-refractivity contribution is 0.594. The van der Waals surface area contributed by atoms with Crippen LogP contribution in [-0.2, 0) is 10.0 Å². The Balaban J connectivity index is 2.36. The number of sulfonamides is 1. The molecule has 0 saturated heterocycles. The van der Waals surface area contributed by atoms with Gasteiger partial charge in [0.25, 0.3) is 10.0 Å². The van der Waals surface area contributed by atoms with Gasteiger partial charge in [0.05, 0.1) is 10.6 Å². The minimum Gasteiger partial charge on any atom is -0.378 e. The predicted molar refractivity (Wildman–Crippen MR) is 88.2 cm³/mol. The van der Waals surface area contributed by atoms with Gasteiger partial charge in [-0.15, -0.1) is 0 Å². The molecule has 2 radical (unpaired) electrons. The maximum atomic E-state index is 12.6. The lowest BCUT2D eigenvalue weighted by Gasteiger charge is -2.21. The zero-order valence-corrected chi connectivity index (χ0v) is 13.1. The van der Waals surface area contributed by atoms with E-state index in [4.69, 9.17) is 7.85 Å². The Bertz CT molecular complexity index is 728. The average molecular weight is 300 g/mol. The minimum absolute atomic E-state index is 0.182. The van der Waals surface area contributed by atoms with Crippen molar-refractivity contribution in [3.63, 3.8) is 0 Å². The van der Waals surface area contributed by atoms with Gasteiger partial charge in [0.15, 0.2) is 0 Å². The molecule has 0 unspecified atom stereocenters. The second-order valence-corrected chi connectivity index (χ2v) is 6.93. The first kappa shape index (κ1) is 15.4. The summed E-state index contributed by atoms with van der Waals surface area (Å²) in [4.78, 5) is 2.14. The Kier molecular flexibility index (Phi) is 4.28. The van der Waals surface area contributed by atoms with Crippen LogP contribution in [0.25, 0.3) is 0 Å². The van der Waals surface area contributed by atoms with Crippen molar-refractivity contribution in [3.05, 3.63) is 48.5 Å². The largest absolute Gasteiger partial charge is 0.378 e. The molecular weight excluding hydrogens is 283 g/mol. The van der Waals surface area contributed by atoms with Crippen LogP contribution in [-0.4, -0.2) is 37.4 Å². The molecule has 0 aromatic heterocycles. The molecule has 108 valence electrons. The topological polar surface area (TPSA) is 40.6 Å². The molecule has 0 amide bonds. The summed E-state index contributed by atoms with van der Waals surface area (Å²) >= 11 is 0. The van der Waals surface area contributed by atoms with E-state index in [0.29, 0.717) is 11.2 Å². The number of rotatable bonds is 4. The third kappa shape index (κ3) is 3.21. The van der Waals surface area contributed by atoms with Crippen molar-refractivity contribution in [2.45, 2.75) is 4.90 Å². The Morgan fingerprint density at radius 1 is 0.905 bits per heavy atom. The zero-order valence-electron chi connectivity index (χ0n) is 12.3. The normalized spacial score (nSPS) is 11.2. The molecule has 0 spiro atoms. The van der Waals surface area contributed by atoms with E-state index in [-0.39, 0.29) is 4.90 Å². The van der Waals surface area contributed by atoms with Gasteiger partial charge >= 0.3 is 0 Å². The summed E-state index contributed by atoms with van der Waals surface area (Å²) in [6.07, 6.45) is 0. The molecule has 0 heterocycles. The van der Waals surface area contributed by atoms with Gasteiger partial charge in [-0.25, -0.2) is 8.42 Å². The Hall–Kier alpha value is -1.95. The predicted octanol–water partition coefficient (Wildman–Crippen LogP) is 1.37. The fraction of sp³-hybridized carbons (Fsp3) is 0.200. The van der Waals surface area contributed by atoms with Crippen molar-refractivity contribution in [2.75, 3.05) is 30.3 Å². The van der Waals surface area contributed by atoms with Crippen molar-refractivity contribution >= 4 is 34.7 Å². The number of nitrogens with zero attached hydrogens (tertiary/aromatic N) is 2. The van der Waals surface area contributed by atoms with Gasteiger partial charge in [-0.2, -0.15) is 0 Å². The fourth-order valence-corrected chi connectivity index (χ4v) is 3.18. The molecule has 21 heavy (non-hydrogen) atoms. The van der Waals surface area contributed by atoms with Gasteiger partial charge in [-0.05, 0) is 36.4 Å². The molecule has 0 atom stereocenters. The molecule has 0 aliphatic carbocycles. The molecule has 0 N–H and O–H groups in total. The molecule has 2 aromatic carbocycles. The van der Waals surface area contributed by atoms with Crippen LogP contribution in [0.2, 0.25) is 0 Å². The summed E-state index contributed by atoms with van der Waals surface area (Å²) in [5, 5.41) is 0. The van der Waals surface area contributed by atoms with Crippen LogP contribution in [0, 0.1) is 0 Å². The molecule has 0 saturated carbocycles. The highest BCUT2D eigenvalue weighted by Gasteiger charge is 2.21. The van der Waals surface area contributed by atoms with E-state index in [0.717, 1.165) is 5.69 Å². The Morgan fingerprint density at radius 3 is 2.00 bits per heavy atom. The summed E-state index contributed by atoms with van der Waals surface area (Å²) in [6.45, 7) is 0. The third-order valence-corrected chi connectivity index (χ3v) is 5.03. The second-order valence-electron chi connectivity index (χ2n) is 4.96. The van der Waals surface area contributed by atoms with Crippen molar-refractivity contribution in [1.29, 1.82) is 0 Å². The monoisotopic (exact) mass is 300 g/mol. The van der Waals surface area contributed by atoms with Gasteiger partial charge in [0.1, 0.15) is 7.85 Å². The summed E-state index contributed by atoms with van der Waals surface area (Å²) in [7, 11) is 7.45. The molecule has 2 aromatic rings. The van der Waals surface area contributed by atoms with Crippen molar-refractivity contribution in [2.24, 2.45) is 0 Å². The number of hydrogen-bond donors (Lipinski definition) is 0. The maximum Gasteiger partial charge on any atom is 0.264 e. The van der Waals surface area contributed by atoms with Gasteiger partial charge in [-0.3, -0.25) is 4.31 Å². The number of benzene rings is 2. The van der Waals surface area contributed by atoms with Crippen molar-refractivity contribution < 1.29 is 8.42 Å². The Labute approximate surface area is 127 Å². The molecule has 6 heteroatoms. The van der Waals surface area contributed by atoms with E-state index in [1.165, 1.54) is 23.5 Å². The first-order chi connectivity index (χ1) is 9.82. The fourth-order valence-electron chi connectivity index (χ4n) is 1.93. The highest BCUT2D eigenvalue weighted by atomic mass is 32.2. The molecule has 0 aliphatic rings. The van der Waals surface area contributed by atoms with Crippen LogP contribution >= 0.6 is 0 Å². The summed E-state index contributed by atoms with van der Waals surface area (Å²) in [5.41, 5.74) is 2.03. The minimum atomic E-state index is -3.61. The van der Waals surface area contributed by atoms with Crippen LogP contribution < -0.4 is 14.7 Å². The Morgan fingerprint density at radius 2 is 1.48 bits per heavy atom. The summed E-state index contributed by atoms with van der Waals surface area (Å²) in [6, 6.07) is 13.6. The lowest BCUT2D eigenvalue weighted by Crippen LogP contribution is -2.27. The lowest BCUT2D eigenvalue weighted by atomic mass is 9.97. The molecule has 0 fully saturated rings. The summed E-state index contributed by atoms with van der Waals surface area (Å²) in [5.74, 6) is 0. The standard InChI is InChI=1S/C15H17BN2O2S/c1-17(2)13-7-9-14(10-8-13)18(3)21(19,20)15-6-4-5-12(16)11-15/h4-11H,1-3H3. The average Bonchev–Trinajstić information content (AvgIpc) is 2.46. The van der Waals surface area contributed by atoms with Gasteiger partial charge in [-0.1, -0.05) is 17.6 Å². The van der Waals surface area contributed by atoms with Crippen LogP contribution in [0.4, 0.5) is 11.4 Å². The first-order valence-electron chi connectivity index (χ1n) is 6.44. The van der Waals surface area contributed by atoms with E-state index >= 15 is 0 Å². The van der Waals surface area contributed by atoms with Gasteiger partial charge < -0.3 is 4.90 Å². The van der Waals surface area contributed by atoms with Crippen LogP contribution in [0.15, 0.2) is 53.4 Å². The highest BCUT2D eigenvalue weighted by Crippen LogP contribution is 2.23.